The van der Waals surface area contributed by atoms with Crippen molar-refractivity contribution in [2.24, 2.45) is 0 Å². The summed E-state index contributed by atoms with van der Waals surface area (Å²) in [7, 11) is 1.58. The zero-order valence-electron chi connectivity index (χ0n) is 16.6. The molecule has 0 aromatic heterocycles. The molecule has 8 heteroatoms. The standard InChI is InChI=1S/C22H24ClNO6/c1-30-19-10-9-16(23)12-18(19)15-7-5-14(6-8-15)11-17(13-22(28)29)24-20(25)3-2-4-21(26)27/h5-10,12,17H,2-4,11,13H2,1H3,(H,24,25)(H,26,27)(H,28,29). The van der Waals surface area contributed by atoms with Crippen molar-refractivity contribution in [1.29, 1.82) is 0 Å². The number of ether oxygens (including phenoxy) is 1. The van der Waals surface area contributed by atoms with E-state index in [9.17, 15) is 14.4 Å². The van der Waals surface area contributed by atoms with Gasteiger partial charge < -0.3 is 20.3 Å². The van der Waals surface area contributed by atoms with Gasteiger partial charge in [-0.25, -0.2) is 0 Å². The van der Waals surface area contributed by atoms with Gasteiger partial charge in [0.25, 0.3) is 0 Å². The highest BCUT2D eigenvalue weighted by Gasteiger charge is 2.17. The van der Waals surface area contributed by atoms with Crippen LogP contribution in [0.2, 0.25) is 5.02 Å². The smallest absolute Gasteiger partial charge is 0.305 e. The van der Waals surface area contributed by atoms with Crippen molar-refractivity contribution >= 4 is 29.4 Å². The van der Waals surface area contributed by atoms with Crippen LogP contribution in [0, 0.1) is 0 Å². The van der Waals surface area contributed by atoms with Gasteiger partial charge in [0.2, 0.25) is 5.91 Å². The molecule has 3 N–H and O–H groups in total. The third-order valence-corrected chi connectivity index (χ3v) is 4.72. The maximum absolute atomic E-state index is 12.0. The maximum Gasteiger partial charge on any atom is 0.305 e. The van der Waals surface area contributed by atoms with Gasteiger partial charge in [0.05, 0.1) is 13.5 Å². The van der Waals surface area contributed by atoms with Gasteiger partial charge in [-0.3, -0.25) is 14.4 Å². The van der Waals surface area contributed by atoms with Gasteiger partial charge in [0, 0.05) is 29.5 Å². The number of hydrogen-bond acceptors (Lipinski definition) is 4. The first-order chi connectivity index (χ1) is 14.3. The number of halogens is 1. The van der Waals surface area contributed by atoms with Gasteiger partial charge in [-0.05, 0) is 42.2 Å². The summed E-state index contributed by atoms with van der Waals surface area (Å²) in [6, 6.07) is 12.2. The molecule has 0 aliphatic carbocycles. The summed E-state index contributed by atoms with van der Waals surface area (Å²) in [5, 5.41) is 21.1. The van der Waals surface area contributed by atoms with Crippen LogP contribution in [-0.4, -0.2) is 41.2 Å². The van der Waals surface area contributed by atoms with Crippen molar-refractivity contribution in [3.8, 4) is 16.9 Å². The van der Waals surface area contributed by atoms with Gasteiger partial charge in [-0.15, -0.1) is 0 Å². The van der Waals surface area contributed by atoms with Crippen molar-refractivity contribution in [3.05, 3.63) is 53.1 Å². The lowest BCUT2D eigenvalue weighted by Crippen LogP contribution is -2.38. The highest BCUT2D eigenvalue weighted by Crippen LogP contribution is 2.32. The molecule has 0 spiro atoms. The normalized spacial score (nSPS) is 11.5. The number of carboxylic acids is 2. The van der Waals surface area contributed by atoms with Gasteiger partial charge in [-0.1, -0.05) is 35.9 Å². The summed E-state index contributed by atoms with van der Waals surface area (Å²) in [5.41, 5.74) is 2.59. The minimum atomic E-state index is -1.02. The number of rotatable bonds is 11. The Balaban J connectivity index is 2.07. The Labute approximate surface area is 179 Å². The average Bonchev–Trinajstić information content (AvgIpc) is 2.67. The Bertz CT molecular complexity index is 897. The minimum absolute atomic E-state index is 0.0376. The number of hydrogen-bond donors (Lipinski definition) is 3. The molecule has 0 heterocycles. The number of methoxy groups -OCH3 is 1. The third kappa shape index (κ3) is 7.40. The highest BCUT2D eigenvalue weighted by atomic mass is 35.5. The topological polar surface area (TPSA) is 113 Å². The van der Waals surface area contributed by atoms with Crippen molar-refractivity contribution in [2.75, 3.05) is 7.11 Å². The number of nitrogens with one attached hydrogen (secondary N) is 1. The van der Waals surface area contributed by atoms with Crippen molar-refractivity contribution < 1.29 is 29.3 Å². The summed E-state index contributed by atoms with van der Waals surface area (Å²) >= 11 is 6.09. The molecule has 30 heavy (non-hydrogen) atoms. The van der Waals surface area contributed by atoms with Crippen LogP contribution in [0.5, 0.6) is 5.75 Å². The Hall–Kier alpha value is -3.06. The Morgan fingerprint density at radius 2 is 1.73 bits per heavy atom. The minimum Gasteiger partial charge on any atom is -0.496 e. The Morgan fingerprint density at radius 3 is 2.33 bits per heavy atom. The largest absolute Gasteiger partial charge is 0.496 e. The van der Waals surface area contributed by atoms with Crippen LogP contribution < -0.4 is 10.1 Å². The molecular weight excluding hydrogens is 410 g/mol. The SMILES string of the molecule is COc1ccc(Cl)cc1-c1ccc(CC(CC(=O)O)NC(=O)CCCC(=O)O)cc1. The van der Waals surface area contributed by atoms with Crippen LogP contribution in [0.25, 0.3) is 11.1 Å². The van der Waals surface area contributed by atoms with E-state index in [-0.39, 0.29) is 31.6 Å². The number of carbonyl (C=O) groups excluding carboxylic acids is 1. The molecule has 2 aromatic rings. The van der Waals surface area contributed by atoms with E-state index in [1.165, 1.54) is 0 Å². The zero-order valence-corrected chi connectivity index (χ0v) is 17.3. The van der Waals surface area contributed by atoms with Gasteiger partial charge in [0.1, 0.15) is 5.75 Å². The zero-order chi connectivity index (χ0) is 22.1. The molecule has 0 bridgehead atoms. The predicted molar refractivity (Wildman–Crippen MR) is 113 cm³/mol. The Kier molecular flexibility index (Phi) is 8.68. The van der Waals surface area contributed by atoms with Crippen LogP contribution >= 0.6 is 11.6 Å². The molecule has 0 aliphatic heterocycles. The quantitative estimate of drug-likeness (QED) is 0.497. The van der Waals surface area contributed by atoms with E-state index in [4.69, 9.17) is 26.6 Å². The first-order valence-electron chi connectivity index (χ1n) is 9.44. The summed E-state index contributed by atoms with van der Waals surface area (Å²) in [5.74, 6) is -1.67. The lowest BCUT2D eigenvalue weighted by molar-refractivity contribution is -0.138. The van der Waals surface area contributed by atoms with E-state index in [2.05, 4.69) is 5.32 Å². The van der Waals surface area contributed by atoms with E-state index in [0.29, 0.717) is 17.2 Å². The molecule has 0 saturated carbocycles. The van der Waals surface area contributed by atoms with Crippen LogP contribution in [0.1, 0.15) is 31.2 Å². The molecule has 0 fully saturated rings. The molecule has 0 saturated heterocycles. The molecule has 2 aromatic carbocycles. The summed E-state index contributed by atoms with van der Waals surface area (Å²) in [6.45, 7) is 0. The second-order valence-corrected chi connectivity index (χ2v) is 7.29. The maximum atomic E-state index is 12.0. The molecule has 0 aliphatic rings. The van der Waals surface area contributed by atoms with Crippen LogP contribution in [0.4, 0.5) is 0 Å². The summed E-state index contributed by atoms with van der Waals surface area (Å²) in [6.07, 6.45) is 0.247. The summed E-state index contributed by atoms with van der Waals surface area (Å²) < 4.78 is 5.38. The molecule has 7 nitrogen and oxygen atoms in total. The summed E-state index contributed by atoms with van der Waals surface area (Å²) in [4.78, 5) is 33.7. The van der Waals surface area contributed by atoms with Crippen molar-refractivity contribution in [1.82, 2.24) is 5.32 Å². The molecular formula is C22H24ClNO6. The lowest BCUT2D eigenvalue weighted by atomic mass is 9.98. The van der Waals surface area contributed by atoms with E-state index in [1.54, 1.807) is 25.3 Å². The number of carbonyl (C=O) groups is 3. The van der Waals surface area contributed by atoms with Gasteiger partial charge in [0.15, 0.2) is 0 Å². The van der Waals surface area contributed by atoms with Crippen LogP contribution in [0.3, 0.4) is 0 Å². The fourth-order valence-electron chi connectivity index (χ4n) is 3.10. The molecule has 1 amide bonds. The molecule has 160 valence electrons. The average molecular weight is 434 g/mol. The van der Waals surface area contributed by atoms with Crippen LogP contribution in [0.15, 0.2) is 42.5 Å². The predicted octanol–water partition coefficient (Wildman–Crippen LogP) is 3.77. The number of carboxylic acid groups (broad SMARTS) is 2. The first-order valence-corrected chi connectivity index (χ1v) is 9.82. The van der Waals surface area contributed by atoms with E-state index in [1.807, 2.05) is 24.3 Å². The van der Waals surface area contributed by atoms with Crippen LogP contribution in [-0.2, 0) is 20.8 Å². The lowest BCUT2D eigenvalue weighted by Gasteiger charge is -2.17. The number of amides is 1. The first kappa shape index (κ1) is 23.2. The number of benzene rings is 2. The van der Waals surface area contributed by atoms with E-state index >= 15 is 0 Å². The second kappa shape index (κ2) is 11.2. The van der Waals surface area contributed by atoms with E-state index < -0.39 is 18.0 Å². The van der Waals surface area contributed by atoms with Gasteiger partial charge in [-0.2, -0.15) is 0 Å². The molecule has 0 radical (unpaired) electrons. The molecule has 1 unspecified atom stereocenters. The third-order valence-electron chi connectivity index (χ3n) is 4.49. The molecule has 2 rings (SSSR count). The highest BCUT2D eigenvalue weighted by molar-refractivity contribution is 6.31. The fourth-order valence-corrected chi connectivity index (χ4v) is 3.27. The number of aliphatic carboxylic acids is 2. The van der Waals surface area contributed by atoms with Crippen molar-refractivity contribution in [3.63, 3.8) is 0 Å². The van der Waals surface area contributed by atoms with Gasteiger partial charge >= 0.3 is 11.9 Å². The monoisotopic (exact) mass is 433 g/mol. The van der Waals surface area contributed by atoms with E-state index in [0.717, 1.165) is 16.7 Å². The Morgan fingerprint density at radius 1 is 1.03 bits per heavy atom. The molecule has 1 atom stereocenters. The second-order valence-electron chi connectivity index (χ2n) is 6.86. The fraction of sp³-hybridized carbons (Fsp3) is 0.318. The van der Waals surface area contributed by atoms with Crippen molar-refractivity contribution in [2.45, 2.75) is 38.1 Å².